The summed E-state index contributed by atoms with van der Waals surface area (Å²) in [5.74, 6) is 2.70. The Hall–Kier alpha value is -3.04. The second-order valence-electron chi connectivity index (χ2n) is 8.25. The monoisotopic (exact) mass is 471 g/mol. The molecule has 2 aromatic heterocycles. The smallest absolute Gasteiger partial charge is 0.262 e. The Labute approximate surface area is 197 Å². The highest BCUT2D eigenvalue weighted by Gasteiger charge is 2.24. The molecule has 2 aliphatic rings. The molecule has 0 unspecified atom stereocenters. The average molecular weight is 472 g/mol. The van der Waals surface area contributed by atoms with Gasteiger partial charge in [0.15, 0.2) is 0 Å². The van der Waals surface area contributed by atoms with Crippen molar-refractivity contribution in [3.8, 4) is 23.1 Å². The second kappa shape index (κ2) is 9.44. The van der Waals surface area contributed by atoms with Crippen LogP contribution in [0.2, 0.25) is 5.02 Å². The van der Waals surface area contributed by atoms with Gasteiger partial charge in [0.05, 0.1) is 28.2 Å². The number of anilines is 2. The van der Waals surface area contributed by atoms with E-state index in [1.807, 2.05) is 26.0 Å². The summed E-state index contributed by atoms with van der Waals surface area (Å²) in [5.41, 5.74) is 1.22. The van der Waals surface area contributed by atoms with Gasteiger partial charge in [0, 0.05) is 18.7 Å². The van der Waals surface area contributed by atoms with E-state index in [4.69, 9.17) is 30.5 Å². The fraction of sp³-hybridized carbons (Fsp3) is 0.435. The molecule has 1 saturated heterocycles. The minimum Gasteiger partial charge on any atom is -0.492 e. The highest BCUT2D eigenvalue weighted by Crippen LogP contribution is 2.44. The molecule has 1 aromatic carbocycles. The predicted molar refractivity (Wildman–Crippen MR) is 125 cm³/mol. The Morgan fingerprint density at radius 1 is 1.15 bits per heavy atom. The first-order valence-corrected chi connectivity index (χ1v) is 11.5. The number of hydrogen-bond acceptors (Lipinski definition) is 9. The fourth-order valence-corrected chi connectivity index (χ4v) is 4.20. The molecule has 4 heterocycles. The van der Waals surface area contributed by atoms with Gasteiger partial charge in [-0.25, -0.2) is 15.0 Å². The van der Waals surface area contributed by atoms with E-state index in [-0.39, 0.29) is 12.9 Å². The van der Waals surface area contributed by atoms with E-state index in [1.165, 1.54) is 25.4 Å². The maximum Gasteiger partial charge on any atom is 0.262 e. The van der Waals surface area contributed by atoms with Crippen molar-refractivity contribution in [3.05, 3.63) is 29.7 Å². The lowest BCUT2D eigenvalue weighted by Crippen LogP contribution is -2.25. The van der Waals surface area contributed by atoms with E-state index in [1.54, 1.807) is 0 Å². The van der Waals surface area contributed by atoms with Gasteiger partial charge in [-0.2, -0.15) is 0 Å². The van der Waals surface area contributed by atoms with Gasteiger partial charge in [0.2, 0.25) is 12.5 Å². The number of nitrogens with zero attached hydrogens (tertiary/aromatic N) is 4. The van der Waals surface area contributed by atoms with Crippen molar-refractivity contribution in [1.82, 2.24) is 19.9 Å². The molecule has 9 nitrogen and oxygen atoms in total. The van der Waals surface area contributed by atoms with Crippen LogP contribution in [0.1, 0.15) is 26.7 Å². The summed E-state index contributed by atoms with van der Waals surface area (Å²) in [6, 6.07) is 3.79. The van der Waals surface area contributed by atoms with Crippen LogP contribution in [0.3, 0.4) is 0 Å². The van der Waals surface area contributed by atoms with Crippen LogP contribution in [-0.2, 0) is 0 Å². The quantitative estimate of drug-likeness (QED) is 0.512. The Balaban J connectivity index is 1.48. The third-order valence-electron chi connectivity index (χ3n) is 5.51. The molecular formula is C23H26ClN5O4. The van der Waals surface area contributed by atoms with Crippen LogP contribution < -0.4 is 24.3 Å². The van der Waals surface area contributed by atoms with Gasteiger partial charge < -0.3 is 24.3 Å². The number of hydrogen-bond donors (Lipinski definition) is 1. The summed E-state index contributed by atoms with van der Waals surface area (Å²) in [6.45, 7) is 7.83. The zero-order valence-corrected chi connectivity index (χ0v) is 19.4. The number of halogens is 1. The van der Waals surface area contributed by atoms with Crippen LogP contribution in [0.15, 0.2) is 24.7 Å². The lowest BCUT2D eigenvalue weighted by molar-refractivity contribution is 0.171. The summed E-state index contributed by atoms with van der Waals surface area (Å²) in [5, 5.41) is 4.38. The van der Waals surface area contributed by atoms with Crippen molar-refractivity contribution in [3.63, 3.8) is 0 Å². The molecule has 0 amide bonds. The number of pyridine rings is 1. The minimum absolute atomic E-state index is 0.0494. The minimum atomic E-state index is -0.0494. The predicted octanol–water partition coefficient (Wildman–Crippen LogP) is 4.41. The SMILES string of the molecule is CC(C)Oc1cc(OCCN2CCCC2)cc2ncnc(Nc3c(Cl)cnc4c3OCO4)c12. The van der Waals surface area contributed by atoms with E-state index in [0.29, 0.717) is 51.8 Å². The van der Waals surface area contributed by atoms with Crippen LogP contribution in [-0.4, -0.2) is 59.0 Å². The van der Waals surface area contributed by atoms with Crippen molar-refractivity contribution in [2.45, 2.75) is 32.8 Å². The third kappa shape index (κ3) is 4.69. The van der Waals surface area contributed by atoms with Crippen LogP contribution in [0.4, 0.5) is 11.5 Å². The summed E-state index contributed by atoms with van der Waals surface area (Å²) in [6.07, 6.45) is 5.48. The summed E-state index contributed by atoms with van der Waals surface area (Å²) < 4.78 is 23.1. The molecule has 0 spiro atoms. The van der Waals surface area contributed by atoms with E-state index in [2.05, 4.69) is 25.2 Å². The summed E-state index contributed by atoms with van der Waals surface area (Å²) >= 11 is 6.41. The Morgan fingerprint density at radius 3 is 2.82 bits per heavy atom. The van der Waals surface area contributed by atoms with Gasteiger partial charge in [0.1, 0.15) is 35.9 Å². The van der Waals surface area contributed by atoms with Gasteiger partial charge in [-0.05, 0) is 39.8 Å². The van der Waals surface area contributed by atoms with Crippen LogP contribution in [0.25, 0.3) is 10.9 Å². The first kappa shape index (κ1) is 21.8. The summed E-state index contributed by atoms with van der Waals surface area (Å²) in [7, 11) is 0. The van der Waals surface area contributed by atoms with Crippen LogP contribution in [0, 0.1) is 0 Å². The van der Waals surface area contributed by atoms with Crippen molar-refractivity contribution >= 4 is 34.0 Å². The third-order valence-corrected chi connectivity index (χ3v) is 5.80. The largest absolute Gasteiger partial charge is 0.492 e. The number of rotatable bonds is 8. The van der Waals surface area contributed by atoms with Crippen LogP contribution >= 0.6 is 11.6 Å². The molecule has 0 atom stereocenters. The lowest BCUT2D eigenvalue weighted by Gasteiger charge is -2.18. The van der Waals surface area contributed by atoms with Gasteiger partial charge >= 0.3 is 0 Å². The standard InChI is InChI=1S/C23H26ClN5O4/c1-14(2)33-18-10-15(30-8-7-29-5-3-4-6-29)9-17-19(18)22(27-12-26-17)28-20-16(24)11-25-23-21(20)31-13-32-23/h9-12,14H,3-8,13H2,1-2H3,(H,25,26,27,28). The molecule has 174 valence electrons. The number of nitrogens with one attached hydrogen (secondary N) is 1. The molecule has 0 bridgehead atoms. The molecule has 5 rings (SSSR count). The fourth-order valence-electron chi connectivity index (χ4n) is 4.02. The molecule has 10 heteroatoms. The average Bonchev–Trinajstić information content (AvgIpc) is 3.47. The van der Waals surface area contributed by atoms with E-state index >= 15 is 0 Å². The van der Waals surface area contributed by atoms with E-state index in [0.717, 1.165) is 25.0 Å². The molecule has 0 saturated carbocycles. The topological polar surface area (TPSA) is 90.9 Å². The van der Waals surface area contributed by atoms with Crippen molar-refractivity contribution < 1.29 is 18.9 Å². The molecule has 2 aliphatic heterocycles. The van der Waals surface area contributed by atoms with Gasteiger partial charge in [0.25, 0.3) is 5.88 Å². The number of ether oxygens (including phenoxy) is 4. The Bertz CT molecular complexity index is 1150. The first-order chi connectivity index (χ1) is 16.1. The normalized spacial score (nSPS) is 15.4. The highest BCUT2D eigenvalue weighted by atomic mass is 35.5. The second-order valence-corrected chi connectivity index (χ2v) is 8.66. The maximum atomic E-state index is 6.41. The molecule has 1 fully saturated rings. The number of aromatic nitrogens is 3. The Kier molecular flexibility index (Phi) is 6.24. The van der Waals surface area contributed by atoms with E-state index < -0.39 is 0 Å². The van der Waals surface area contributed by atoms with Crippen LogP contribution in [0.5, 0.6) is 23.1 Å². The number of fused-ring (bicyclic) bond motifs is 2. The molecule has 0 aliphatic carbocycles. The molecule has 1 N–H and O–H groups in total. The number of likely N-dealkylation sites (tertiary alicyclic amines) is 1. The number of benzene rings is 1. The van der Waals surface area contributed by atoms with Gasteiger partial charge in [-0.1, -0.05) is 11.6 Å². The molecule has 33 heavy (non-hydrogen) atoms. The lowest BCUT2D eigenvalue weighted by atomic mass is 10.2. The van der Waals surface area contributed by atoms with Gasteiger partial charge in [-0.3, -0.25) is 4.90 Å². The zero-order valence-electron chi connectivity index (χ0n) is 18.6. The highest BCUT2D eigenvalue weighted by molar-refractivity contribution is 6.33. The Morgan fingerprint density at radius 2 is 2.00 bits per heavy atom. The van der Waals surface area contributed by atoms with Crippen molar-refractivity contribution in [1.29, 1.82) is 0 Å². The summed E-state index contributed by atoms with van der Waals surface area (Å²) in [4.78, 5) is 15.5. The van der Waals surface area contributed by atoms with Crippen molar-refractivity contribution in [2.24, 2.45) is 0 Å². The van der Waals surface area contributed by atoms with E-state index in [9.17, 15) is 0 Å². The van der Waals surface area contributed by atoms with Crippen molar-refractivity contribution in [2.75, 3.05) is 38.4 Å². The van der Waals surface area contributed by atoms with Gasteiger partial charge in [-0.15, -0.1) is 0 Å². The molecule has 3 aromatic rings. The molecular weight excluding hydrogens is 446 g/mol. The zero-order chi connectivity index (χ0) is 22.8. The maximum absolute atomic E-state index is 6.41. The first-order valence-electron chi connectivity index (χ1n) is 11.1. The molecule has 0 radical (unpaired) electrons.